The van der Waals surface area contributed by atoms with Gasteiger partial charge in [-0.15, -0.1) is 0 Å². The Bertz CT molecular complexity index is 704. The molecular formula is C18H22ClF3N2O2. The Kier molecular flexibility index (Phi) is 5.90. The van der Waals surface area contributed by atoms with Crippen LogP contribution in [0.2, 0.25) is 5.02 Å². The van der Waals surface area contributed by atoms with Crippen molar-refractivity contribution in [2.75, 3.05) is 18.4 Å². The maximum Gasteiger partial charge on any atom is 0.418 e. The van der Waals surface area contributed by atoms with Crippen LogP contribution in [0, 0.1) is 11.3 Å². The summed E-state index contributed by atoms with van der Waals surface area (Å²) < 4.78 is 39.5. The molecule has 0 spiro atoms. The molecule has 144 valence electrons. The number of anilines is 1. The molecule has 1 atom stereocenters. The van der Waals surface area contributed by atoms with Gasteiger partial charge in [-0.3, -0.25) is 9.59 Å². The summed E-state index contributed by atoms with van der Waals surface area (Å²) in [6, 6.07) is 3.10. The number of benzene rings is 1. The normalized spacial score (nSPS) is 18.6. The minimum absolute atomic E-state index is 0.0898. The smallest absolute Gasteiger partial charge is 0.342 e. The van der Waals surface area contributed by atoms with Crippen molar-refractivity contribution in [3.8, 4) is 0 Å². The minimum atomic E-state index is -4.68. The average Bonchev–Trinajstić information content (AvgIpc) is 2.54. The van der Waals surface area contributed by atoms with Crippen LogP contribution in [0.5, 0.6) is 0 Å². The molecule has 0 radical (unpaired) electrons. The number of nitrogens with one attached hydrogen (secondary N) is 1. The Balaban J connectivity index is 2.22. The second-order valence-corrected chi connectivity index (χ2v) is 7.70. The van der Waals surface area contributed by atoms with Crippen LogP contribution in [-0.2, 0) is 15.8 Å². The molecule has 0 aliphatic carbocycles. The zero-order valence-electron chi connectivity index (χ0n) is 14.9. The highest BCUT2D eigenvalue weighted by Crippen LogP contribution is 2.37. The van der Waals surface area contributed by atoms with E-state index in [1.807, 2.05) is 6.92 Å². The third-order valence-electron chi connectivity index (χ3n) is 4.58. The van der Waals surface area contributed by atoms with Crippen LogP contribution in [0.15, 0.2) is 18.2 Å². The Morgan fingerprint density at radius 2 is 1.92 bits per heavy atom. The molecule has 1 aromatic carbocycles. The van der Waals surface area contributed by atoms with Crippen LogP contribution in [0.3, 0.4) is 0 Å². The summed E-state index contributed by atoms with van der Waals surface area (Å²) in [5.74, 6) is -0.836. The van der Waals surface area contributed by atoms with Gasteiger partial charge < -0.3 is 10.2 Å². The highest BCUT2D eigenvalue weighted by atomic mass is 35.5. The van der Waals surface area contributed by atoms with Crippen LogP contribution in [-0.4, -0.2) is 29.8 Å². The Labute approximate surface area is 155 Å². The van der Waals surface area contributed by atoms with Crippen LogP contribution < -0.4 is 5.32 Å². The molecule has 0 aromatic heterocycles. The van der Waals surface area contributed by atoms with Crippen molar-refractivity contribution < 1.29 is 22.8 Å². The molecule has 2 amide bonds. The molecule has 0 bridgehead atoms. The van der Waals surface area contributed by atoms with Crippen molar-refractivity contribution in [1.29, 1.82) is 0 Å². The molecule has 1 fully saturated rings. The lowest BCUT2D eigenvalue weighted by Crippen LogP contribution is -2.50. The predicted octanol–water partition coefficient (Wildman–Crippen LogP) is 4.58. The van der Waals surface area contributed by atoms with E-state index in [4.69, 9.17) is 11.6 Å². The zero-order chi connectivity index (χ0) is 19.7. The molecule has 1 aliphatic rings. The fourth-order valence-corrected chi connectivity index (χ4v) is 3.18. The van der Waals surface area contributed by atoms with Gasteiger partial charge in [0.05, 0.1) is 11.3 Å². The van der Waals surface area contributed by atoms with Crippen molar-refractivity contribution in [2.45, 2.75) is 39.8 Å². The highest BCUT2D eigenvalue weighted by Gasteiger charge is 2.41. The number of nitrogens with zero attached hydrogens (tertiary/aromatic N) is 1. The van der Waals surface area contributed by atoms with Crippen molar-refractivity contribution in [3.63, 3.8) is 0 Å². The fourth-order valence-electron chi connectivity index (χ4n) is 3.00. The number of hydrogen-bond acceptors (Lipinski definition) is 2. The summed E-state index contributed by atoms with van der Waals surface area (Å²) in [6.45, 7) is 5.97. The van der Waals surface area contributed by atoms with E-state index in [2.05, 4.69) is 5.32 Å². The second kappa shape index (κ2) is 7.47. The van der Waals surface area contributed by atoms with Gasteiger partial charge in [0.1, 0.15) is 5.41 Å². The lowest BCUT2D eigenvalue weighted by molar-refractivity contribution is -0.147. The van der Waals surface area contributed by atoms with Gasteiger partial charge in [-0.2, -0.15) is 13.2 Å². The van der Waals surface area contributed by atoms with Crippen molar-refractivity contribution in [3.05, 3.63) is 28.8 Å². The first kappa shape index (κ1) is 20.6. The molecule has 1 heterocycles. The predicted molar refractivity (Wildman–Crippen MR) is 93.8 cm³/mol. The van der Waals surface area contributed by atoms with Gasteiger partial charge in [-0.05, 0) is 50.8 Å². The number of hydrogen-bond donors (Lipinski definition) is 1. The molecule has 2 rings (SSSR count). The summed E-state index contributed by atoms with van der Waals surface area (Å²) in [4.78, 5) is 27.0. The number of likely N-dealkylation sites (tertiary alicyclic amines) is 1. The molecule has 1 N–H and O–H groups in total. The maximum atomic E-state index is 13.2. The van der Waals surface area contributed by atoms with E-state index in [-0.39, 0.29) is 10.9 Å². The number of halogens is 4. The van der Waals surface area contributed by atoms with Crippen molar-refractivity contribution in [2.24, 2.45) is 11.3 Å². The van der Waals surface area contributed by atoms with E-state index in [0.717, 1.165) is 25.0 Å². The van der Waals surface area contributed by atoms with Gasteiger partial charge in [0.25, 0.3) is 0 Å². The Morgan fingerprint density at radius 1 is 1.27 bits per heavy atom. The van der Waals surface area contributed by atoms with E-state index >= 15 is 0 Å². The first-order valence-electron chi connectivity index (χ1n) is 8.40. The van der Waals surface area contributed by atoms with Crippen LogP contribution in [0.1, 0.15) is 39.2 Å². The summed E-state index contributed by atoms with van der Waals surface area (Å²) in [6.07, 6.45) is -2.82. The molecule has 1 saturated heterocycles. The van der Waals surface area contributed by atoms with Gasteiger partial charge in [0.2, 0.25) is 11.8 Å². The second-order valence-electron chi connectivity index (χ2n) is 7.27. The van der Waals surface area contributed by atoms with Crippen molar-refractivity contribution in [1.82, 2.24) is 4.90 Å². The van der Waals surface area contributed by atoms with E-state index in [1.54, 1.807) is 4.90 Å². The molecular weight excluding hydrogens is 369 g/mol. The largest absolute Gasteiger partial charge is 0.418 e. The average molecular weight is 391 g/mol. The van der Waals surface area contributed by atoms with E-state index in [1.165, 1.54) is 19.9 Å². The molecule has 4 nitrogen and oxygen atoms in total. The number of rotatable bonds is 3. The first-order chi connectivity index (χ1) is 11.9. The van der Waals surface area contributed by atoms with Crippen LogP contribution in [0.25, 0.3) is 0 Å². The number of alkyl halides is 3. The van der Waals surface area contributed by atoms with E-state index < -0.39 is 28.7 Å². The first-order valence-corrected chi connectivity index (χ1v) is 8.78. The molecule has 0 saturated carbocycles. The molecule has 26 heavy (non-hydrogen) atoms. The maximum absolute atomic E-state index is 13.2. The monoisotopic (exact) mass is 390 g/mol. The number of carbonyl (C=O) groups is 2. The van der Waals surface area contributed by atoms with Gasteiger partial charge >= 0.3 is 6.18 Å². The van der Waals surface area contributed by atoms with E-state index in [0.29, 0.717) is 19.0 Å². The molecule has 8 heteroatoms. The standard InChI is InChI=1S/C18H22ClF3N2O2/c1-11-5-4-8-24(10-11)16(26)17(2,3)15(25)23-14-7-6-12(19)9-13(14)18(20,21)22/h6-7,9,11H,4-5,8,10H2,1-3H3,(H,23,25). The van der Waals surface area contributed by atoms with Gasteiger partial charge in [0, 0.05) is 18.1 Å². The minimum Gasteiger partial charge on any atom is -0.342 e. The highest BCUT2D eigenvalue weighted by molar-refractivity contribution is 6.30. The van der Waals surface area contributed by atoms with Gasteiger partial charge in [0.15, 0.2) is 0 Å². The number of piperidine rings is 1. The lowest BCUT2D eigenvalue weighted by atomic mass is 9.88. The third-order valence-corrected chi connectivity index (χ3v) is 4.82. The van der Waals surface area contributed by atoms with Crippen LogP contribution in [0.4, 0.5) is 18.9 Å². The quantitative estimate of drug-likeness (QED) is 0.768. The summed E-state index contributed by atoms with van der Waals surface area (Å²) >= 11 is 5.64. The summed E-state index contributed by atoms with van der Waals surface area (Å²) in [5.41, 5.74) is -2.95. The molecule has 1 aliphatic heterocycles. The van der Waals surface area contributed by atoms with Crippen molar-refractivity contribution >= 4 is 29.1 Å². The summed E-state index contributed by atoms with van der Waals surface area (Å²) in [7, 11) is 0. The number of amides is 2. The lowest BCUT2D eigenvalue weighted by Gasteiger charge is -2.36. The fraction of sp³-hybridized carbons (Fsp3) is 0.556. The van der Waals surface area contributed by atoms with Gasteiger partial charge in [-0.25, -0.2) is 0 Å². The number of carbonyl (C=O) groups excluding carboxylic acids is 2. The SMILES string of the molecule is CC1CCCN(C(=O)C(C)(C)C(=O)Nc2ccc(Cl)cc2C(F)(F)F)C1. The zero-order valence-corrected chi connectivity index (χ0v) is 15.7. The molecule has 1 unspecified atom stereocenters. The summed E-state index contributed by atoms with van der Waals surface area (Å²) in [5, 5.41) is 2.16. The molecule has 1 aromatic rings. The topological polar surface area (TPSA) is 49.4 Å². The van der Waals surface area contributed by atoms with Crippen LogP contribution >= 0.6 is 11.6 Å². The third kappa shape index (κ3) is 4.50. The van der Waals surface area contributed by atoms with E-state index in [9.17, 15) is 22.8 Å². The Hall–Kier alpha value is -1.76. The Morgan fingerprint density at radius 3 is 2.50 bits per heavy atom. The van der Waals surface area contributed by atoms with Gasteiger partial charge in [-0.1, -0.05) is 18.5 Å².